The molecular weight excluding hydrogens is 608 g/mol. The Morgan fingerprint density at radius 1 is 0.404 bits per heavy atom. The fourth-order valence-corrected chi connectivity index (χ4v) is 4.63. The Kier molecular flexibility index (Phi) is 17.1. The first-order valence-corrected chi connectivity index (χ1v) is 16.4. The molecule has 0 N–H and O–H groups in total. The fourth-order valence-electron chi connectivity index (χ4n) is 4.63. The molecule has 47 heavy (non-hydrogen) atoms. The van der Waals surface area contributed by atoms with Crippen LogP contribution in [0.25, 0.3) is 0 Å². The molecule has 4 aromatic carbocycles. The van der Waals surface area contributed by atoms with E-state index in [1.54, 1.807) is 24.3 Å². The Morgan fingerprint density at radius 3 is 1.00 bits per heavy atom. The molecule has 0 aliphatic rings. The summed E-state index contributed by atoms with van der Waals surface area (Å²) >= 11 is 0. The van der Waals surface area contributed by atoms with Gasteiger partial charge in [0.1, 0.15) is 23.0 Å². The van der Waals surface area contributed by atoms with E-state index in [1.165, 1.54) is 24.0 Å². The highest BCUT2D eigenvalue weighted by molar-refractivity contribution is 5.32. The molecule has 0 aliphatic heterocycles. The second-order valence-electron chi connectivity index (χ2n) is 11.1. The van der Waals surface area contributed by atoms with Crippen LogP contribution in [0.5, 0.6) is 23.0 Å². The van der Waals surface area contributed by atoms with Crippen molar-refractivity contribution in [3.63, 3.8) is 0 Å². The van der Waals surface area contributed by atoms with Crippen LogP contribution in [0, 0.1) is 0 Å². The van der Waals surface area contributed by atoms with Crippen LogP contribution in [0.3, 0.4) is 0 Å². The second-order valence-corrected chi connectivity index (χ2v) is 11.1. The maximum atomic E-state index is 12.1. The molecule has 8 heteroatoms. The molecule has 0 radical (unpaired) electrons. The molecule has 0 spiro atoms. The van der Waals surface area contributed by atoms with Crippen molar-refractivity contribution in [2.75, 3.05) is 13.2 Å². The highest BCUT2D eigenvalue weighted by Crippen LogP contribution is 2.19. The molecule has 0 saturated heterocycles. The molecule has 0 unspecified atom stereocenters. The van der Waals surface area contributed by atoms with Crippen LogP contribution < -0.4 is 18.9 Å². The lowest BCUT2D eigenvalue weighted by molar-refractivity contribution is -0.0505. The summed E-state index contributed by atoms with van der Waals surface area (Å²) in [4.78, 5) is 0. The number of ether oxygens (including phenoxy) is 4. The Balaban J connectivity index is 0.000000256. The van der Waals surface area contributed by atoms with Gasteiger partial charge in [0.15, 0.2) is 0 Å². The van der Waals surface area contributed by atoms with Crippen LogP contribution in [0.1, 0.15) is 68.2 Å². The van der Waals surface area contributed by atoms with Crippen LogP contribution in [-0.2, 0) is 25.7 Å². The largest absolute Gasteiger partial charge is 0.494 e. The van der Waals surface area contributed by atoms with Crippen molar-refractivity contribution >= 4 is 0 Å². The van der Waals surface area contributed by atoms with Gasteiger partial charge in [0.25, 0.3) is 0 Å². The average molecular weight is 655 g/mol. The Labute approximate surface area is 276 Å². The van der Waals surface area contributed by atoms with E-state index in [2.05, 4.69) is 47.6 Å². The van der Waals surface area contributed by atoms with Crippen molar-refractivity contribution < 1.29 is 36.5 Å². The summed E-state index contributed by atoms with van der Waals surface area (Å²) in [5.41, 5.74) is 4.64. The van der Waals surface area contributed by atoms with Gasteiger partial charge in [-0.05, 0) is 109 Å². The van der Waals surface area contributed by atoms with Crippen LogP contribution in [0.2, 0.25) is 0 Å². The lowest BCUT2D eigenvalue weighted by atomic mass is 10.0. The maximum absolute atomic E-state index is 12.1. The lowest BCUT2D eigenvalue weighted by Crippen LogP contribution is -2.01. The zero-order valence-corrected chi connectivity index (χ0v) is 27.3. The molecule has 0 saturated carbocycles. The van der Waals surface area contributed by atoms with E-state index < -0.39 is 13.2 Å². The molecule has 0 fully saturated rings. The number of alkyl halides is 4. The molecule has 0 aliphatic carbocycles. The zero-order chi connectivity index (χ0) is 33.7. The molecule has 4 nitrogen and oxygen atoms in total. The minimum Gasteiger partial charge on any atom is -0.494 e. The Bertz CT molecular complexity index is 1360. The van der Waals surface area contributed by atoms with Crippen molar-refractivity contribution in [3.8, 4) is 23.0 Å². The zero-order valence-electron chi connectivity index (χ0n) is 27.3. The van der Waals surface area contributed by atoms with Gasteiger partial charge in [0.2, 0.25) is 0 Å². The highest BCUT2D eigenvalue weighted by atomic mass is 19.3. The molecule has 0 atom stereocenters. The number of aryl methyl sites for hydroxylation is 4. The number of halogens is 4. The third kappa shape index (κ3) is 15.8. The summed E-state index contributed by atoms with van der Waals surface area (Å²) in [6.45, 7) is 0.271. The van der Waals surface area contributed by atoms with E-state index in [4.69, 9.17) is 9.47 Å². The SMILES string of the molecule is CCCCCOc1ccc(CCc2ccc(OC(F)F)cc2)cc1.CCCCOc1ccc(CCc2ccc(OC(F)F)cc2)cc1. The normalized spacial score (nSPS) is 10.8. The maximum Gasteiger partial charge on any atom is 0.387 e. The smallest absolute Gasteiger partial charge is 0.387 e. The molecule has 4 rings (SSSR count). The van der Waals surface area contributed by atoms with Gasteiger partial charge in [-0.25, -0.2) is 0 Å². The summed E-state index contributed by atoms with van der Waals surface area (Å²) in [5, 5.41) is 0. The van der Waals surface area contributed by atoms with E-state index in [0.717, 1.165) is 80.8 Å². The molecular formula is C39H46F4O4. The van der Waals surface area contributed by atoms with Crippen LogP contribution in [0.15, 0.2) is 97.1 Å². The molecule has 0 aromatic heterocycles. The van der Waals surface area contributed by atoms with Crippen molar-refractivity contribution in [2.24, 2.45) is 0 Å². The number of rotatable bonds is 19. The third-order valence-electron chi connectivity index (χ3n) is 7.33. The number of unbranched alkanes of at least 4 members (excludes halogenated alkanes) is 3. The van der Waals surface area contributed by atoms with Crippen molar-refractivity contribution in [3.05, 3.63) is 119 Å². The van der Waals surface area contributed by atoms with Gasteiger partial charge in [-0.3, -0.25) is 0 Å². The van der Waals surface area contributed by atoms with Gasteiger partial charge >= 0.3 is 13.2 Å². The molecule has 254 valence electrons. The lowest BCUT2D eigenvalue weighted by Gasteiger charge is -2.08. The van der Waals surface area contributed by atoms with Gasteiger partial charge in [0.05, 0.1) is 13.2 Å². The minimum atomic E-state index is -2.78. The first kappa shape index (κ1) is 37.3. The summed E-state index contributed by atoms with van der Waals surface area (Å²) in [6.07, 6.45) is 9.15. The van der Waals surface area contributed by atoms with Gasteiger partial charge in [-0.15, -0.1) is 0 Å². The van der Waals surface area contributed by atoms with Gasteiger partial charge in [0, 0.05) is 0 Å². The minimum absolute atomic E-state index is 0.192. The number of hydrogen-bond acceptors (Lipinski definition) is 4. The highest BCUT2D eigenvalue weighted by Gasteiger charge is 2.05. The first-order chi connectivity index (χ1) is 22.8. The predicted molar refractivity (Wildman–Crippen MR) is 179 cm³/mol. The monoisotopic (exact) mass is 654 g/mol. The quantitative estimate of drug-likeness (QED) is 0.0745. The molecule has 0 heterocycles. The summed E-state index contributed by atoms with van der Waals surface area (Å²) in [5.74, 6) is 2.19. The van der Waals surface area contributed by atoms with Crippen molar-refractivity contribution in [2.45, 2.75) is 84.9 Å². The van der Waals surface area contributed by atoms with E-state index in [-0.39, 0.29) is 11.5 Å². The number of hydrogen-bond donors (Lipinski definition) is 0. The first-order valence-electron chi connectivity index (χ1n) is 16.4. The predicted octanol–water partition coefficient (Wildman–Crippen LogP) is 10.9. The van der Waals surface area contributed by atoms with Gasteiger partial charge in [-0.1, -0.05) is 81.6 Å². The van der Waals surface area contributed by atoms with Crippen LogP contribution in [-0.4, -0.2) is 26.4 Å². The molecule has 0 bridgehead atoms. The van der Waals surface area contributed by atoms with E-state index in [0.29, 0.717) is 0 Å². The third-order valence-corrected chi connectivity index (χ3v) is 7.33. The van der Waals surface area contributed by atoms with E-state index in [1.807, 2.05) is 48.5 Å². The van der Waals surface area contributed by atoms with Crippen LogP contribution >= 0.6 is 0 Å². The summed E-state index contributed by atoms with van der Waals surface area (Å²) in [7, 11) is 0. The van der Waals surface area contributed by atoms with Crippen molar-refractivity contribution in [1.82, 2.24) is 0 Å². The van der Waals surface area contributed by atoms with Crippen molar-refractivity contribution in [1.29, 1.82) is 0 Å². The standard InChI is InChI=1S/C20H24F2O2.C19H22F2O2/c1-2-3-4-15-23-18-11-7-16(8-12-18)5-6-17-9-13-19(14-10-17)24-20(21)22;1-2-3-14-22-17-10-6-15(7-11-17)4-5-16-8-12-18(13-9-16)23-19(20)21/h7-14,20H,2-6,15H2,1H3;6-13,19H,2-5,14H2,1H3. The topological polar surface area (TPSA) is 36.9 Å². The second kappa shape index (κ2) is 21.6. The Hall–Kier alpha value is -4.20. The average Bonchev–Trinajstić information content (AvgIpc) is 3.07. The Morgan fingerprint density at radius 2 is 0.702 bits per heavy atom. The molecule has 0 amide bonds. The van der Waals surface area contributed by atoms with Gasteiger partial charge < -0.3 is 18.9 Å². The number of benzene rings is 4. The summed E-state index contributed by atoms with van der Waals surface area (Å²) in [6, 6.07) is 29.8. The van der Waals surface area contributed by atoms with Crippen LogP contribution in [0.4, 0.5) is 17.6 Å². The summed E-state index contributed by atoms with van der Waals surface area (Å²) < 4.78 is 68.4. The van der Waals surface area contributed by atoms with Gasteiger partial charge in [-0.2, -0.15) is 17.6 Å². The fraction of sp³-hybridized carbons (Fsp3) is 0.385. The van der Waals surface area contributed by atoms with E-state index in [9.17, 15) is 17.6 Å². The molecule has 4 aromatic rings. The van der Waals surface area contributed by atoms with E-state index >= 15 is 0 Å².